The van der Waals surface area contributed by atoms with E-state index >= 15 is 0 Å². The number of benzene rings is 2. The SMILES string of the molecule is Cc1ccc(NCC(=O)NN=Cc2ccc(Cl)cc2Cl)cc1. The Hall–Kier alpha value is -2.04. The topological polar surface area (TPSA) is 53.5 Å². The molecule has 0 fully saturated rings. The van der Waals surface area contributed by atoms with E-state index in [1.54, 1.807) is 18.2 Å². The van der Waals surface area contributed by atoms with Crippen LogP contribution in [0.25, 0.3) is 0 Å². The molecular formula is C16H15Cl2N3O. The maximum absolute atomic E-state index is 11.7. The summed E-state index contributed by atoms with van der Waals surface area (Å²) in [5.41, 5.74) is 5.16. The second-order valence-corrected chi connectivity index (χ2v) is 5.52. The van der Waals surface area contributed by atoms with Gasteiger partial charge in [-0.25, -0.2) is 5.43 Å². The number of rotatable bonds is 5. The van der Waals surface area contributed by atoms with E-state index in [4.69, 9.17) is 23.2 Å². The van der Waals surface area contributed by atoms with Crippen LogP contribution in [0.2, 0.25) is 10.0 Å². The van der Waals surface area contributed by atoms with Crippen molar-refractivity contribution in [1.82, 2.24) is 5.43 Å². The minimum absolute atomic E-state index is 0.134. The van der Waals surface area contributed by atoms with Gasteiger partial charge in [0.05, 0.1) is 17.8 Å². The van der Waals surface area contributed by atoms with Crippen LogP contribution in [0.4, 0.5) is 5.69 Å². The number of nitrogens with zero attached hydrogens (tertiary/aromatic N) is 1. The molecule has 0 bridgehead atoms. The van der Waals surface area contributed by atoms with Crippen molar-refractivity contribution in [3.8, 4) is 0 Å². The van der Waals surface area contributed by atoms with Crippen molar-refractivity contribution >= 4 is 41.0 Å². The van der Waals surface area contributed by atoms with E-state index in [2.05, 4.69) is 15.8 Å². The van der Waals surface area contributed by atoms with Gasteiger partial charge >= 0.3 is 0 Å². The summed E-state index contributed by atoms with van der Waals surface area (Å²) in [5, 5.41) is 7.90. The van der Waals surface area contributed by atoms with Crippen LogP contribution >= 0.6 is 23.2 Å². The van der Waals surface area contributed by atoms with Gasteiger partial charge in [-0.1, -0.05) is 47.0 Å². The number of hydrogen-bond acceptors (Lipinski definition) is 3. The molecule has 0 spiro atoms. The highest BCUT2D eigenvalue weighted by molar-refractivity contribution is 6.36. The number of carbonyl (C=O) groups excluding carboxylic acids is 1. The lowest BCUT2D eigenvalue weighted by Crippen LogP contribution is -2.25. The quantitative estimate of drug-likeness (QED) is 0.643. The molecule has 2 N–H and O–H groups in total. The third-order valence-electron chi connectivity index (χ3n) is 2.86. The Bertz CT molecular complexity index is 684. The van der Waals surface area contributed by atoms with Crippen molar-refractivity contribution in [2.75, 3.05) is 11.9 Å². The first-order valence-corrected chi connectivity index (χ1v) is 7.38. The molecule has 1 amide bonds. The summed E-state index contributed by atoms with van der Waals surface area (Å²) in [4.78, 5) is 11.7. The molecule has 0 saturated carbocycles. The molecule has 0 unspecified atom stereocenters. The molecule has 0 radical (unpaired) electrons. The van der Waals surface area contributed by atoms with Gasteiger partial charge in [-0.3, -0.25) is 4.79 Å². The van der Waals surface area contributed by atoms with Crippen molar-refractivity contribution < 1.29 is 4.79 Å². The van der Waals surface area contributed by atoms with Gasteiger partial charge in [0.2, 0.25) is 0 Å². The highest BCUT2D eigenvalue weighted by Gasteiger charge is 2.01. The normalized spacial score (nSPS) is 10.7. The van der Waals surface area contributed by atoms with Crippen LogP contribution in [-0.2, 0) is 4.79 Å². The Labute approximate surface area is 139 Å². The molecule has 2 aromatic carbocycles. The van der Waals surface area contributed by atoms with Gasteiger partial charge in [-0.15, -0.1) is 0 Å². The molecule has 22 heavy (non-hydrogen) atoms. The molecule has 0 aromatic heterocycles. The summed E-state index contributed by atoms with van der Waals surface area (Å²) in [6.07, 6.45) is 1.47. The fourth-order valence-corrected chi connectivity index (χ4v) is 2.13. The van der Waals surface area contributed by atoms with Gasteiger partial charge in [0.15, 0.2) is 0 Å². The van der Waals surface area contributed by atoms with Crippen molar-refractivity contribution in [1.29, 1.82) is 0 Å². The number of amides is 1. The Morgan fingerprint density at radius 3 is 2.59 bits per heavy atom. The molecule has 0 atom stereocenters. The molecule has 0 aliphatic carbocycles. The Kier molecular flexibility index (Phi) is 5.81. The fourth-order valence-electron chi connectivity index (χ4n) is 1.67. The zero-order valence-corrected chi connectivity index (χ0v) is 13.4. The van der Waals surface area contributed by atoms with Crippen molar-refractivity contribution in [3.05, 3.63) is 63.6 Å². The number of hydrazone groups is 1. The second kappa shape index (κ2) is 7.82. The van der Waals surface area contributed by atoms with Crippen molar-refractivity contribution in [2.24, 2.45) is 5.10 Å². The number of aryl methyl sites for hydroxylation is 1. The lowest BCUT2D eigenvalue weighted by molar-refractivity contribution is -0.119. The van der Waals surface area contributed by atoms with Crippen LogP contribution in [0.15, 0.2) is 47.6 Å². The first kappa shape index (κ1) is 16.3. The van der Waals surface area contributed by atoms with Crippen LogP contribution < -0.4 is 10.7 Å². The first-order chi connectivity index (χ1) is 10.5. The minimum Gasteiger partial charge on any atom is -0.376 e. The first-order valence-electron chi connectivity index (χ1n) is 6.62. The van der Waals surface area contributed by atoms with Gasteiger partial charge in [0, 0.05) is 16.3 Å². The molecule has 2 aromatic rings. The predicted octanol–water partition coefficient (Wildman–Crippen LogP) is 3.86. The third kappa shape index (κ3) is 5.06. The molecule has 0 aliphatic rings. The van der Waals surface area contributed by atoms with Gasteiger partial charge in [0.25, 0.3) is 5.91 Å². The Morgan fingerprint density at radius 1 is 1.18 bits per heavy atom. The summed E-state index contributed by atoms with van der Waals surface area (Å²) >= 11 is 11.8. The monoisotopic (exact) mass is 335 g/mol. The predicted molar refractivity (Wildman–Crippen MR) is 91.9 cm³/mol. The summed E-state index contributed by atoms with van der Waals surface area (Å²) in [6, 6.07) is 12.8. The molecular weight excluding hydrogens is 321 g/mol. The van der Waals surface area contributed by atoms with Gasteiger partial charge in [-0.05, 0) is 31.2 Å². The molecule has 0 saturated heterocycles. The fraction of sp³-hybridized carbons (Fsp3) is 0.125. The summed E-state index contributed by atoms with van der Waals surface area (Å²) < 4.78 is 0. The molecule has 0 aliphatic heterocycles. The highest BCUT2D eigenvalue weighted by Crippen LogP contribution is 2.19. The average molecular weight is 336 g/mol. The molecule has 114 valence electrons. The van der Waals surface area contributed by atoms with E-state index < -0.39 is 0 Å². The third-order valence-corrected chi connectivity index (χ3v) is 3.42. The van der Waals surface area contributed by atoms with E-state index in [0.717, 1.165) is 5.69 Å². The Morgan fingerprint density at radius 2 is 1.91 bits per heavy atom. The molecule has 2 rings (SSSR count). The second-order valence-electron chi connectivity index (χ2n) is 4.68. The van der Waals surface area contributed by atoms with Crippen LogP contribution in [0.5, 0.6) is 0 Å². The summed E-state index contributed by atoms with van der Waals surface area (Å²) in [7, 11) is 0. The zero-order valence-electron chi connectivity index (χ0n) is 11.9. The van der Waals surface area contributed by atoms with Crippen molar-refractivity contribution in [3.63, 3.8) is 0 Å². The summed E-state index contributed by atoms with van der Waals surface area (Å²) in [5.74, 6) is -0.248. The van der Waals surface area contributed by atoms with Gasteiger partial charge in [0.1, 0.15) is 0 Å². The standard InChI is InChI=1S/C16H15Cl2N3O/c1-11-2-6-14(7-3-11)19-10-16(22)21-20-9-12-4-5-13(17)8-15(12)18/h2-9,19H,10H2,1H3,(H,21,22). The number of anilines is 1. The van der Waals surface area contributed by atoms with Crippen LogP contribution in [0, 0.1) is 6.92 Å². The maximum Gasteiger partial charge on any atom is 0.259 e. The Balaban J connectivity index is 1.82. The van der Waals surface area contributed by atoms with Crippen LogP contribution in [0.3, 0.4) is 0 Å². The van der Waals surface area contributed by atoms with E-state index in [-0.39, 0.29) is 12.5 Å². The van der Waals surface area contributed by atoms with Crippen LogP contribution in [-0.4, -0.2) is 18.7 Å². The van der Waals surface area contributed by atoms with E-state index in [1.807, 2.05) is 31.2 Å². The van der Waals surface area contributed by atoms with E-state index in [9.17, 15) is 4.79 Å². The average Bonchev–Trinajstić information content (AvgIpc) is 2.49. The number of carbonyl (C=O) groups is 1. The molecule has 0 heterocycles. The van der Waals surface area contributed by atoms with Gasteiger partial charge < -0.3 is 5.32 Å². The highest BCUT2D eigenvalue weighted by atomic mass is 35.5. The number of halogens is 2. The van der Waals surface area contributed by atoms with E-state index in [1.165, 1.54) is 11.8 Å². The maximum atomic E-state index is 11.7. The molecule has 6 heteroatoms. The number of nitrogens with one attached hydrogen (secondary N) is 2. The largest absolute Gasteiger partial charge is 0.376 e. The van der Waals surface area contributed by atoms with Crippen molar-refractivity contribution in [2.45, 2.75) is 6.92 Å². The zero-order chi connectivity index (χ0) is 15.9. The number of hydrogen-bond donors (Lipinski definition) is 2. The smallest absolute Gasteiger partial charge is 0.259 e. The van der Waals surface area contributed by atoms with Gasteiger partial charge in [-0.2, -0.15) is 5.10 Å². The minimum atomic E-state index is -0.248. The lowest BCUT2D eigenvalue weighted by Gasteiger charge is -2.05. The summed E-state index contributed by atoms with van der Waals surface area (Å²) in [6.45, 7) is 2.14. The molecule has 4 nitrogen and oxygen atoms in total. The van der Waals surface area contributed by atoms with E-state index in [0.29, 0.717) is 15.6 Å². The van der Waals surface area contributed by atoms with Crippen LogP contribution in [0.1, 0.15) is 11.1 Å². The lowest BCUT2D eigenvalue weighted by atomic mass is 10.2.